The monoisotopic (exact) mass is 238 g/mol. The maximum Gasteiger partial charge on any atom is 0.508 e. The molecule has 3 unspecified atom stereocenters. The second-order valence-electron chi connectivity index (χ2n) is 2.81. The van der Waals surface area contributed by atoms with Crippen molar-refractivity contribution in [3.8, 4) is 0 Å². The van der Waals surface area contributed by atoms with Crippen molar-refractivity contribution < 1.29 is 39.5 Å². The summed E-state index contributed by atoms with van der Waals surface area (Å²) in [4.78, 5) is 19.6. The van der Waals surface area contributed by atoms with E-state index in [1.807, 2.05) is 0 Å². The van der Waals surface area contributed by atoms with Crippen molar-refractivity contribution in [3.05, 3.63) is 0 Å². The van der Waals surface area contributed by atoms with Gasteiger partial charge in [0, 0.05) is 0 Å². The number of hydrogen-bond donors (Lipinski definition) is 4. The second kappa shape index (κ2) is 7.99. The van der Waals surface area contributed by atoms with Gasteiger partial charge in [0.2, 0.25) is 0 Å². The van der Waals surface area contributed by atoms with Gasteiger partial charge >= 0.3 is 6.16 Å². The lowest BCUT2D eigenvalue weighted by atomic mass is 10.1. The van der Waals surface area contributed by atoms with E-state index in [-0.39, 0.29) is 6.29 Å². The minimum atomic E-state index is -1.64. The summed E-state index contributed by atoms with van der Waals surface area (Å²) in [5.41, 5.74) is 0. The van der Waals surface area contributed by atoms with Crippen LogP contribution in [0.25, 0.3) is 0 Å². The Bertz CT molecular complexity index is 210. The molecule has 0 aromatic heterocycles. The number of rotatable bonds is 4. The predicted octanol–water partition coefficient (Wildman–Crippen LogP) is -2.59. The third-order valence-corrected chi connectivity index (χ3v) is 1.59. The summed E-state index contributed by atoms with van der Waals surface area (Å²) in [5.74, 6) is 0. The van der Waals surface area contributed by atoms with Crippen LogP contribution in [0.2, 0.25) is 0 Å². The molecule has 0 amide bonds. The highest BCUT2D eigenvalue weighted by molar-refractivity contribution is 5.61. The number of carbonyl (C=O) groups is 2. The van der Waals surface area contributed by atoms with E-state index in [0.29, 0.717) is 13.2 Å². The van der Waals surface area contributed by atoms with Crippen LogP contribution in [0.1, 0.15) is 0 Å². The maximum absolute atomic E-state index is 9.80. The van der Waals surface area contributed by atoms with Crippen LogP contribution in [0.3, 0.4) is 0 Å². The second-order valence-corrected chi connectivity index (χ2v) is 2.81. The third kappa shape index (κ3) is 5.61. The van der Waals surface area contributed by atoms with E-state index in [0.717, 1.165) is 0 Å². The Morgan fingerprint density at radius 1 is 1.25 bits per heavy atom. The van der Waals surface area contributed by atoms with Crippen molar-refractivity contribution in [1.82, 2.24) is 0 Å². The molecule has 1 rings (SSSR count). The van der Waals surface area contributed by atoms with Crippen LogP contribution in [0.5, 0.6) is 0 Å². The summed E-state index contributed by atoms with van der Waals surface area (Å²) < 4.78 is 8.58. The zero-order chi connectivity index (χ0) is 12.6. The highest BCUT2D eigenvalue weighted by atomic mass is 16.8. The van der Waals surface area contributed by atoms with E-state index in [2.05, 4.69) is 9.47 Å². The van der Waals surface area contributed by atoms with Crippen LogP contribution in [-0.2, 0) is 14.3 Å². The number of cyclic esters (lactones) is 2. The van der Waals surface area contributed by atoms with Crippen molar-refractivity contribution in [3.63, 3.8) is 0 Å². The van der Waals surface area contributed by atoms with Crippen LogP contribution in [0, 0.1) is 0 Å². The van der Waals surface area contributed by atoms with Crippen molar-refractivity contribution in [2.45, 2.75) is 18.3 Å². The fraction of sp³-hybridized carbons (Fsp3) is 0.750. The van der Waals surface area contributed by atoms with E-state index in [1.165, 1.54) is 0 Å². The lowest BCUT2D eigenvalue weighted by molar-refractivity contribution is -0.127. The molecule has 4 N–H and O–H groups in total. The van der Waals surface area contributed by atoms with E-state index in [9.17, 15) is 9.59 Å². The smallest absolute Gasteiger partial charge is 0.431 e. The molecule has 16 heavy (non-hydrogen) atoms. The summed E-state index contributed by atoms with van der Waals surface area (Å²) >= 11 is 0. The first-order chi connectivity index (χ1) is 7.52. The minimum Gasteiger partial charge on any atom is -0.431 e. The molecule has 0 bridgehead atoms. The summed E-state index contributed by atoms with van der Waals surface area (Å²) in [6, 6.07) is 0. The van der Waals surface area contributed by atoms with Gasteiger partial charge in [-0.1, -0.05) is 0 Å². The Balaban J connectivity index is 0.000000315. The first kappa shape index (κ1) is 14.8. The number of carbonyl (C=O) groups excluding carboxylic acids is 2. The van der Waals surface area contributed by atoms with Gasteiger partial charge in [-0.2, -0.15) is 0 Å². The lowest BCUT2D eigenvalue weighted by Gasteiger charge is -2.16. The zero-order valence-electron chi connectivity index (χ0n) is 8.35. The third-order valence-electron chi connectivity index (χ3n) is 1.59. The molecule has 0 aliphatic carbocycles. The topological polar surface area (TPSA) is 134 Å². The molecule has 0 spiro atoms. The summed E-state index contributed by atoms with van der Waals surface area (Å²) in [6.45, 7) is 0.143. The first-order valence-corrected chi connectivity index (χ1v) is 4.42. The highest BCUT2D eigenvalue weighted by Crippen LogP contribution is 1.96. The van der Waals surface area contributed by atoms with Crippen LogP contribution < -0.4 is 0 Å². The Labute approximate surface area is 91.0 Å². The number of hydrogen-bond acceptors (Lipinski definition) is 8. The Hall–Kier alpha value is -1.22. The first-order valence-electron chi connectivity index (χ1n) is 4.42. The van der Waals surface area contributed by atoms with Crippen LogP contribution in [0.15, 0.2) is 0 Å². The molecule has 0 radical (unpaired) electrons. The van der Waals surface area contributed by atoms with Crippen molar-refractivity contribution in [2.24, 2.45) is 0 Å². The maximum atomic E-state index is 9.80. The predicted molar refractivity (Wildman–Crippen MR) is 48.5 cm³/mol. The van der Waals surface area contributed by atoms with E-state index < -0.39 is 31.1 Å². The van der Waals surface area contributed by atoms with Gasteiger partial charge in [-0.25, -0.2) is 4.79 Å². The number of aldehydes is 1. The average Bonchev–Trinajstić information content (AvgIpc) is 2.77. The van der Waals surface area contributed by atoms with Crippen LogP contribution >= 0.6 is 0 Å². The van der Waals surface area contributed by atoms with E-state index >= 15 is 0 Å². The van der Waals surface area contributed by atoms with Gasteiger partial charge < -0.3 is 34.7 Å². The Morgan fingerprint density at radius 2 is 1.75 bits per heavy atom. The molecular formula is C8H14O8. The fourth-order valence-electron chi connectivity index (χ4n) is 0.708. The largest absolute Gasteiger partial charge is 0.508 e. The number of aliphatic hydroxyl groups excluding tert-OH is 4. The molecule has 8 heteroatoms. The van der Waals surface area contributed by atoms with Gasteiger partial charge in [0.1, 0.15) is 31.5 Å². The molecule has 1 saturated heterocycles. The van der Waals surface area contributed by atoms with Gasteiger partial charge in [0.25, 0.3) is 0 Å². The molecule has 8 nitrogen and oxygen atoms in total. The van der Waals surface area contributed by atoms with E-state index in [4.69, 9.17) is 20.4 Å². The van der Waals surface area contributed by atoms with Gasteiger partial charge in [-0.15, -0.1) is 0 Å². The number of ether oxygens (including phenoxy) is 2. The quantitative estimate of drug-likeness (QED) is 0.310. The summed E-state index contributed by atoms with van der Waals surface area (Å²) in [5, 5.41) is 34.1. The van der Waals surface area contributed by atoms with Gasteiger partial charge in [0.05, 0.1) is 6.61 Å². The van der Waals surface area contributed by atoms with Crippen molar-refractivity contribution in [1.29, 1.82) is 0 Å². The molecule has 0 aromatic carbocycles. The molecule has 3 atom stereocenters. The molecule has 94 valence electrons. The molecule has 0 saturated carbocycles. The van der Waals surface area contributed by atoms with E-state index in [1.54, 1.807) is 0 Å². The molecule has 1 fully saturated rings. The summed E-state index contributed by atoms with van der Waals surface area (Å²) in [7, 11) is 0. The lowest BCUT2D eigenvalue weighted by Crippen LogP contribution is -2.40. The SMILES string of the molecule is O=C1OCCO1.O=CC(O)C(O)C(O)CO. The summed E-state index contributed by atoms with van der Waals surface area (Å²) in [6.07, 6.45) is -5.18. The molecule has 0 aromatic rings. The number of aliphatic hydroxyl groups is 4. The highest BCUT2D eigenvalue weighted by Gasteiger charge is 2.22. The van der Waals surface area contributed by atoms with Crippen molar-refractivity contribution >= 4 is 12.4 Å². The standard InChI is InChI=1S/C5H10O5.C3H4O3/c6-1-3(8)5(10)4(9)2-7;4-3-5-1-2-6-3/h1,3-5,7-10H,2H2;1-2H2. The Kier molecular flexibility index (Phi) is 7.38. The molecule has 1 aliphatic rings. The van der Waals surface area contributed by atoms with Gasteiger partial charge in [0.15, 0.2) is 6.29 Å². The molecular weight excluding hydrogens is 224 g/mol. The minimum absolute atomic E-state index is 0.0869. The normalized spacial score (nSPS) is 19.6. The molecule has 1 heterocycles. The van der Waals surface area contributed by atoms with Crippen LogP contribution in [0.4, 0.5) is 4.79 Å². The fourth-order valence-corrected chi connectivity index (χ4v) is 0.708. The average molecular weight is 238 g/mol. The van der Waals surface area contributed by atoms with Crippen molar-refractivity contribution in [2.75, 3.05) is 19.8 Å². The molecule has 1 aliphatic heterocycles. The van der Waals surface area contributed by atoms with Gasteiger partial charge in [-0.05, 0) is 0 Å². The Morgan fingerprint density at radius 3 is 2.00 bits per heavy atom. The van der Waals surface area contributed by atoms with Crippen LogP contribution in [-0.4, -0.2) is 71.0 Å². The zero-order valence-corrected chi connectivity index (χ0v) is 8.35. The van der Waals surface area contributed by atoms with Gasteiger partial charge in [-0.3, -0.25) is 0 Å².